The molecule has 8 heteroatoms. The number of methoxy groups -OCH3 is 1. The van der Waals surface area contributed by atoms with Crippen molar-refractivity contribution in [3.05, 3.63) is 86.7 Å². The second kappa shape index (κ2) is 8.55. The van der Waals surface area contributed by atoms with Crippen molar-refractivity contribution < 1.29 is 19.6 Å². The van der Waals surface area contributed by atoms with Crippen molar-refractivity contribution in [1.82, 2.24) is 4.57 Å². The number of nitriles is 1. The quantitative estimate of drug-likeness (QED) is 0.350. The van der Waals surface area contributed by atoms with E-state index in [1.165, 1.54) is 31.4 Å². The highest BCUT2D eigenvalue weighted by molar-refractivity contribution is 5.92. The van der Waals surface area contributed by atoms with Crippen molar-refractivity contribution in [2.75, 3.05) is 7.11 Å². The van der Waals surface area contributed by atoms with E-state index >= 15 is 0 Å². The second-order valence-corrected chi connectivity index (χ2v) is 6.83. The van der Waals surface area contributed by atoms with Gasteiger partial charge < -0.3 is 14.4 Å². The molecule has 0 saturated carbocycles. The molecule has 8 nitrogen and oxygen atoms in total. The van der Waals surface area contributed by atoms with Gasteiger partial charge in [0.25, 0.3) is 5.69 Å². The number of rotatable bonds is 6. The number of nitro groups is 1. The number of ether oxygens (including phenoxy) is 1. The predicted molar refractivity (Wildman–Crippen MR) is 115 cm³/mol. The summed E-state index contributed by atoms with van der Waals surface area (Å²) in [4.78, 5) is 21.8. The summed E-state index contributed by atoms with van der Waals surface area (Å²) >= 11 is 0. The maximum Gasteiger partial charge on any atom is 0.335 e. The van der Waals surface area contributed by atoms with Crippen LogP contribution in [0.2, 0.25) is 0 Å². The fourth-order valence-electron chi connectivity index (χ4n) is 3.40. The molecule has 1 N–H and O–H groups in total. The minimum Gasteiger partial charge on any atom is -0.495 e. The number of allylic oxidation sites excluding steroid dienone is 1. The molecule has 0 aliphatic carbocycles. The molecule has 0 fully saturated rings. The summed E-state index contributed by atoms with van der Waals surface area (Å²) in [6, 6.07) is 14.5. The number of non-ortho nitro benzene ring substituents is 1. The summed E-state index contributed by atoms with van der Waals surface area (Å²) in [5.41, 5.74) is 3.88. The van der Waals surface area contributed by atoms with Crippen LogP contribution in [-0.2, 0) is 0 Å². The molecule has 3 aromatic rings. The predicted octanol–water partition coefficient (Wildman–Crippen LogP) is 4.77. The number of hydrogen-bond acceptors (Lipinski definition) is 5. The van der Waals surface area contributed by atoms with Crippen LogP contribution >= 0.6 is 0 Å². The molecule has 0 spiro atoms. The zero-order valence-corrected chi connectivity index (χ0v) is 17.1. The molecule has 0 bridgehead atoms. The first kappa shape index (κ1) is 21.3. The van der Waals surface area contributed by atoms with Gasteiger partial charge in [-0.1, -0.05) is 12.1 Å². The molecule has 0 amide bonds. The minimum atomic E-state index is -1.04. The highest BCUT2D eigenvalue weighted by atomic mass is 16.6. The van der Waals surface area contributed by atoms with Gasteiger partial charge in [0.15, 0.2) is 0 Å². The third kappa shape index (κ3) is 4.16. The van der Waals surface area contributed by atoms with Crippen LogP contribution in [0.25, 0.3) is 17.3 Å². The van der Waals surface area contributed by atoms with E-state index < -0.39 is 10.9 Å². The molecule has 0 radical (unpaired) electrons. The smallest absolute Gasteiger partial charge is 0.335 e. The van der Waals surface area contributed by atoms with Crippen molar-refractivity contribution >= 4 is 23.3 Å². The number of carbonyl (C=O) groups is 1. The maximum absolute atomic E-state index is 11.2. The Bertz CT molecular complexity index is 1250. The fourth-order valence-corrected chi connectivity index (χ4v) is 3.40. The van der Waals surface area contributed by atoms with Gasteiger partial charge in [-0.3, -0.25) is 10.1 Å². The number of nitro benzene ring substituents is 1. The summed E-state index contributed by atoms with van der Waals surface area (Å²) < 4.78 is 7.23. The van der Waals surface area contributed by atoms with Crippen molar-refractivity contribution in [2.45, 2.75) is 13.8 Å². The highest BCUT2D eigenvalue weighted by Crippen LogP contribution is 2.32. The topological polar surface area (TPSA) is 118 Å². The molecule has 31 heavy (non-hydrogen) atoms. The molecule has 0 aliphatic rings. The van der Waals surface area contributed by atoms with Gasteiger partial charge in [0, 0.05) is 23.5 Å². The lowest BCUT2D eigenvalue weighted by atomic mass is 10.0. The van der Waals surface area contributed by atoms with E-state index in [0.29, 0.717) is 22.6 Å². The van der Waals surface area contributed by atoms with E-state index in [9.17, 15) is 20.2 Å². The first-order valence-corrected chi connectivity index (χ1v) is 9.24. The lowest BCUT2D eigenvalue weighted by Crippen LogP contribution is -2.03. The summed E-state index contributed by atoms with van der Waals surface area (Å²) in [6.07, 6.45) is 1.71. The molecule has 0 atom stereocenters. The van der Waals surface area contributed by atoms with Crippen LogP contribution in [0, 0.1) is 35.3 Å². The lowest BCUT2D eigenvalue weighted by molar-refractivity contribution is -0.384. The lowest BCUT2D eigenvalue weighted by Gasteiger charge is -2.14. The molecule has 1 heterocycles. The van der Waals surface area contributed by atoms with Gasteiger partial charge in [0.1, 0.15) is 5.75 Å². The van der Waals surface area contributed by atoms with Gasteiger partial charge in [-0.2, -0.15) is 5.26 Å². The van der Waals surface area contributed by atoms with Crippen LogP contribution in [0.1, 0.15) is 32.9 Å². The average molecular weight is 417 g/mol. The standard InChI is InChI=1S/C23H19N3O5/c1-14-10-18(11-19(13-24)16-4-6-17(7-5-16)23(27)28)15(2)25(14)21-12-20(26(29)30)8-9-22(21)31-3/h4-12H,1-3H3,(H,27,28)/b19-11-. The van der Waals surface area contributed by atoms with Crippen molar-refractivity contribution in [3.8, 4) is 17.5 Å². The number of carboxylic acids is 1. The molecular formula is C23H19N3O5. The van der Waals surface area contributed by atoms with Crippen molar-refractivity contribution in [1.29, 1.82) is 5.26 Å². The van der Waals surface area contributed by atoms with Gasteiger partial charge in [-0.05, 0) is 55.3 Å². The Kier molecular flexibility index (Phi) is 5.88. The number of aryl methyl sites for hydroxylation is 1. The summed E-state index contributed by atoms with van der Waals surface area (Å²) in [5, 5.41) is 29.9. The maximum atomic E-state index is 11.2. The van der Waals surface area contributed by atoms with Crippen molar-refractivity contribution in [3.63, 3.8) is 0 Å². The Labute approximate surface area is 178 Å². The Balaban J connectivity index is 2.11. The molecule has 1 aromatic heterocycles. The van der Waals surface area contributed by atoms with E-state index in [1.54, 1.807) is 24.3 Å². The molecular weight excluding hydrogens is 398 g/mol. The largest absolute Gasteiger partial charge is 0.495 e. The first-order valence-electron chi connectivity index (χ1n) is 9.24. The third-order valence-corrected chi connectivity index (χ3v) is 4.95. The number of aromatic carboxylic acids is 1. The Hall–Kier alpha value is -4.38. The van der Waals surface area contributed by atoms with Crippen LogP contribution < -0.4 is 4.74 Å². The van der Waals surface area contributed by atoms with Crippen LogP contribution in [0.15, 0.2) is 48.5 Å². The number of nitrogens with zero attached hydrogens (tertiary/aromatic N) is 3. The molecule has 156 valence electrons. The zero-order valence-electron chi connectivity index (χ0n) is 17.1. The Morgan fingerprint density at radius 1 is 1.16 bits per heavy atom. The SMILES string of the molecule is COc1ccc([N+](=O)[O-])cc1-n1c(C)cc(/C=C(/C#N)c2ccc(C(=O)O)cc2)c1C. The van der Waals surface area contributed by atoms with Crippen LogP contribution in [0.5, 0.6) is 5.75 Å². The van der Waals surface area contributed by atoms with Gasteiger partial charge in [-0.15, -0.1) is 0 Å². The van der Waals surface area contributed by atoms with E-state index in [4.69, 9.17) is 9.84 Å². The number of hydrogen-bond donors (Lipinski definition) is 1. The highest BCUT2D eigenvalue weighted by Gasteiger charge is 2.18. The Morgan fingerprint density at radius 2 is 1.81 bits per heavy atom. The Morgan fingerprint density at radius 3 is 2.35 bits per heavy atom. The third-order valence-electron chi connectivity index (χ3n) is 4.95. The molecule has 2 aromatic carbocycles. The van der Waals surface area contributed by atoms with Gasteiger partial charge in [0.05, 0.1) is 34.9 Å². The van der Waals surface area contributed by atoms with Crippen LogP contribution in [-0.4, -0.2) is 27.7 Å². The molecule has 3 rings (SSSR count). The summed E-state index contributed by atoms with van der Waals surface area (Å²) in [7, 11) is 1.49. The first-order chi connectivity index (χ1) is 14.8. The van der Waals surface area contributed by atoms with E-state index in [2.05, 4.69) is 6.07 Å². The normalized spacial score (nSPS) is 11.1. The van der Waals surface area contributed by atoms with Crippen LogP contribution in [0.3, 0.4) is 0 Å². The minimum absolute atomic E-state index is 0.0587. The van der Waals surface area contributed by atoms with Gasteiger partial charge >= 0.3 is 5.97 Å². The molecule has 0 saturated heterocycles. The molecule has 0 unspecified atom stereocenters. The monoisotopic (exact) mass is 417 g/mol. The number of carboxylic acid groups (broad SMARTS) is 1. The van der Waals surface area contributed by atoms with Crippen molar-refractivity contribution in [2.24, 2.45) is 0 Å². The average Bonchev–Trinajstić information content (AvgIpc) is 3.04. The van der Waals surface area contributed by atoms with Gasteiger partial charge in [0.2, 0.25) is 0 Å². The number of aromatic nitrogens is 1. The number of benzene rings is 2. The van der Waals surface area contributed by atoms with E-state index in [-0.39, 0.29) is 11.3 Å². The van der Waals surface area contributed by atoms with E-state index in [0.717, 1.165) is 17.0 Å². The molecule has 0 aliphatic heterocycles. The summed E-state index contributed by atoms with van der Waals surface area (Å²) in [5.74, 6) is -0.559. The van der Waals surface area contributed by atoms with Gasteiger partial charge in [-0.25, -0.2) is 4.79 Å². The summed E-state index contributed by atoms with van der Waals surface area (Å²) in [6.45, 7) is 3.70. The zero-order chi connectivity index (χ0) is 22.7. The van der Waals surface area contributed by atoms with E-state index in [1.807, 2.05) is 24.5 Å². The van der Waals surface area contributed by atoms with Crippen LogP contribution in [0.4, 0.5) is 5.69 Å². The fraction of sp³-hybridized carbons (Fsp3) is 0.130. The second-order valence-electron chi connectivity index (χ2n) is 6.83.